The number of carbonyl (C=O) groups is 2. The van der Waals surface area contributed by atoms with E-state index in [2.05, 4.69) is 15.2 Å². The molecule has 4 rings (SSSR count). The lowest BCUT2D eigenvalue weighted by Gasteiger charge is -2.36. The van der Waals surface area contributed by atoms with Crippen molar-refractivity contribution in [2.75, 3.05) is 36.4 Å². The number of rotatable bonds is 4. The smallest absolute Gasteiger partial charge is 0.410 e. The average molecular weight is 500 g/mol. The van der Waals surface area contributed by atoms with Crippen LogP contribution < -0.4 is 21.5 Å². The van der Waals surface area contributed by atoms with Crippen LogP contribution >= 0.6 is 0 Å². The van der Waals surface area contributed by atoms with E-state index in [9.17, 15) is 19.2 Å². The first-order valence-electron chi connectivity index (χ1n) is 11.7. The fourth-order valence-corrected chi connectivity index (χ4v) is 4.10. The lowest BCUT2D eigenvalue weighted by Crippen LogP contribution is -2.50. The summed E-state index contributed by atoms with van der Waals surface area (Å²) in [6.07, 6.45) is 1.08. The predicted octanol–water partition coefficient (Wildman–Crippen LogP) is 1.38. The minimum absolute atomic E-state index is 0. The Bertz CT molecular complexity index is 1410. The van der Waals surface area contributed by atoms with Crippen molar-refractivity contribution >= 4 is 34.5 Å². The standard InChI is InChI=1S/C24H31N7O5.H2/c1-24(2,3)36-23(35)30-12-10-29(11-13-30)17-8-6-16(7-9-17)26-18(32)14-31-15-25-20-19(31)21(33)28(5)22(34)27(20)4;/h6-9,15H,10-14H2,1-5H3,(H,26,32);1H. The zero-order valence-corrected chi connectivity index (χ0v) is 21.1. The molecular weight excluding hydrogens is 466 g/mol. The first-order valence-corrected chi connectivity index (χ1v) is 11.7. The van der Waals surface area contributed by atoms with Crippen LogP contribution in [0, 0.1) is 0 Å². The van der Waals surface area contributed by atoms with Crippen molar-refractivity contribution in [2.24, 2.45) is 14.1 Å². The fourth-order valence-electron chi connectivity index (χ4n) is 4.10. The molecule has 0 atom stereocenters. The first-order chi connectivity index (χ1) is 16.9. The van der Waals surface area contributed by atoms with Gasteiger partial charge >= 0.3 is 11.8 Å². The molecule has 0 saturated carbocycles. The van der Waals surface area contributed by atoms with E-state index in [0.29, 0.717) is 31.9 Å². The number of anilines is 2. The molecule has 0 bridgehead atoms. The largest absolute Gasteiger partial charge is 0.444 e. The molecule has 0 radical (unpaired) electrons. The molecule has 12 nitrogen and oxygen atoms in total. The van der Waals surface area contributed by atoms with Gasteiger partial charge in [-0.25, -0.2) is 14.6 Å². The van der Waals surface area contributed by atoms with E-state index in [0.717, 1.165) is 10.3 Å². The Hall–Kier alpha value is -4.09. The topological polar surface area (TPSA) is 124 Å². The Morgan fingerprint density at radius 1 is 1.03 bits per heavy atom. The summed E-state index contributed by atoms with van der Waals surface area (Å²) in [5.41, 5.74) is 0.515. The molecule has 1 aliphatic heterocycles. The summed E-state index contributed by atoms with van der Waals surface area (Å²) in [4.78, 5) is 57.6. The first kappa shape index (κ1) is 25.0. The molecule has 194 valence electrons. The Balaban J connectivity index is 0.00000380. The third-order valence-electron chi connectivity index (χ3n) is 5.98. The molecular formula is C24H33N7O5. The molecule has 1 aliphatic rings. The highest BCUT2D eigenvalue weighted by Gasteiger charge is 2.26. The number of benzene rings is 1. The van der Waals surface area contributed by atoms with Crippen molar-refractivity contribution in [2.45, 2.75) is 32.9 Å². The number of ether oxygens (including phenoxy) is 1. The highest BCUT2D eigenvalue weighted by molar-refractivity contribution is 5.91. The average Bonchev–Trinajstić information content (AvgIpc) is 3.24. The van der Waals surface area contributed by atoms with E-state index < -0.39 is 16.9 Å². The second kappa shape index (κ2) is 9.51. The summed E-state index contributed by atoms with van der Waals surface area (Å²) < 4.78 is 9.15. The van der Waals surface area contributed by atoms with E-state index in [1.165, 1.54) is 29.6 Å². The van der Waals surface area contributed by atoms with Crippen LogP contribution in [0.3, 0.4) is 0 Å². The summed E-state index contributed by atoms with van der Waals surface area (Å²) in [6, 6.07) is 7.44. The van der Waals surface area contributed by atoms with E-state index in [4.69, 9.17) is 4.74 Å². The van der Waals surface area contributed by atoms with E-state index in [-0.39, 0.29) is 31.1 Å². The third-order valence-corrected chi connectivity index (χ3v) is 5.98. The van der Waals surface area contributed by atoms with Gasteiger partial charge in [0.25, 0.3) is 5.56 Å². The van der Waals surface area contributed by atoms with E-state index >= 15 is 0 Å². The molecule has 3 heterocycles. The summed E-state index contributed by atoms with van der Waals surface area (Å²) in [7, 11) is 2.92. The molecule has 3 aromatic rings. The molecule has 1 fully saturated rings. The monoisotopic (exact) mass is 499 g/mol. The summed E-state index contributed by atoms with van der Waals surface area (Å²) >= 11 is 0. The van der Waals surface area contributed by atoms with Crippen LogP contribution in [0.2, 0.25) is 0 Å². The van der Waals surface area contributed by atoms with Crippen LogP contribution in [-0.2, 0) is 30.2 Å². The van der Waals surface area contributed by atoms with E-state index in [1.807, 2.05) is 45.0 Å². The summed E-state index contributed by atoms with van der Waals surface area (Å²) in [5.74, 6) is -0.330. The minimum Gasteiger partial charge on any atom is -0.444 e. The minimum atomic E-state index is -0.521. The number of imidazole rings is 1. The number of aromatic nitrogens is 4. The maximum Gasteiger partial charge on any atom is 0.410 e. The molecule has 0 spiro atoms. The van der Waals surface area contributed by atoms with Gasteiger partial charge in [-0.1, -0.05) is 0 Å². The number of piperazine rings is 1. The van der Waals surface area contributed by atoms with Gasteiger partial charge < -0.3 is 24.4 Å². The Kier molecular flexibility index (Phi) is 6.61. The van der Waals surface area contributed by atoms with Crippen LogP contribution in [0.25, 0.3) is 11.2 Å². The Morgan fingerprint density at radius 2 is 1.67 bits per heavy atom. The molecule has 1 aromatic carbocycles. The number of nitrogens with zero attached hydrogens (tertiary/aromatic N) is 6. The maximum atomic E-state index is 12.7. The van der Waals surface area contributed by atoms with Gasteiger partial charge in [0.15, 0.2) is 11.2 Å². The number of carbonyl (C=O) groups excluding carboxylic acids is 2. The van der Waals surface area contributed by atoms with Crippen LogP contribution in [0.5, 0.6) is 0 Å². The van der Waals surface area contributed by atoms with Gasteiger partial charge in [0.05, 0.1) is 6.33 Å². The van der Waals surface area contributed by atoms with Crippen LogP contribution in [0.4, 0.5) is 16.2 Å². The highest BCUT2D eigenvalue weighted by Crippen LogP contribution is 2.20. The second-order valence-corrected chi connectivity index (χ2v) is 9.80. The van der Waals surface area contributed by atoms with Crippen molar-refractivity contribution in [3.8, 4) is 0 Å². The fraction of sp³-hybridized carbons (Fsp3) is 0.458. The van der Waals surface area contributed by atoms with Gasteiger partial charge in [-0.15, -0.1) is 0 Å². The van der Waals surface area contributed by atoms with Gasteiger partial charge in [0.1, 0.15) is 12.1 Å². The quantitative estimate of drug-likeness (QED) is 0.575. The van der Waals surface area contributed by atoms with Crippen LogP contribution in [0.15, 0.2) is 40.2 Å². The zero-order chi connectivity index (χ0) is 26.2. The molecule has 0 unspecified atom stereocenters. The second-order valence-electron chi connectivity index (χ2n) is 9.80. The third kappa shape index (κ3) is 5.11. The van der Waals surface area contributed by atoms with Gasteiger partial charge in [-0.3, -0.25) is 18.7 Å². The number of amides is 2. The Morgan fingerprint density at radius 3 is 2.28 bits per heavy atom. The SMILES string of the molecule is Cn1c(=O)c2c(ncn2CC(=O)Nc2ccc(N3CCN(C(=O)OC(C)(C)C)CC3)cc2)n(C)c1=O.[HH]. The number of fused-ring (bicyclic) bond motifs is 1. The molecule has 36 heavy (non-hydrogen) atoms. The zero-order valence-electron chi connectivity index (χ0n) is 21.1. The highest BCUT2D eigenvalue weighted by atomic mass is 16.6. The van der Waals surface area contributed by atoms with Crippen molar-refractivity contribution in [3.05, 3.63) is 51.4 Å². The lowest BCUT2D eigenvalue weighted by molar-refractivity contribution is -0.116. The van der Waals surface area contributed by atoms with Gasteiger partial charge in [-0.2, -0.15) is 0 Å². The van der Waals surface area contributed by atoms with Gasteiger partial charge in [0.2, 0.25) is 5.91 Å². The molecule has 1 saturated heterocycles. The molecule has 0 aliphatic carbocycles. The predicted molar refractivity (Wildman–Crippen MR) is 137 cm³/mol. The van der Waals surface area contributed by atoms with Crippen LogP contribution in [-0.4, -0.2) is 67.4 Å². The lowest BCUT2D eigenvalue weighted by atomic mass is 10.2. The van der Waals surface area contributed by atoms with Gasteiger partial charge in [0, 0.05) is 53.1 Å². The normalized spacial score (nSPS) is 14.2. The summed E-state index contributed by atoms with van der Waals surface area (Å²) in [5, 5.41) is 2.83. The Labute approximate surface area is 209 Å². The molecule has 2 amide bonds. The molecule has 2 aromatic heterocycles. The number of hydrogen-bond acceptors (Lipinski definition) is 7. The molecule has 1 N–H and O–H groups in total. The number of aryl methyl sites for hydroxylation is 1. The molecule has 12 heteroatoms. The van der Waals surface area contributed by atoms with E-state index in [1.54, 1.807) is 4.90 Å². The van der Waals surface area contributed by atoms with Crippen molar-refractivity contribution < 1.29 is 15.8 Å². The van der Waals surface area contributed by atoms with Crippen molar-refractivity contribution in [1.82, 2.24) is 23.6 Å². The van der Waals surface area contributed by atoms with Crippen molar-refractivity contribution in [3.63, 3.8) is 0 Å². The number of hydrogen-bond donors (Lipinski definition) is 1. The van der Waals surface area contributed by atoms with Crippen molar-refractivity contribution in [1.29, 1.82) is 0 Å². The summed E-state index contributed by atoms with van der Waals surface area (Å²) in [6.45, 7) is 7.91. The number of nitrogens with one attached hydrogen (secondary N) is 1. The van der Waals surface area contributed by atoms with Gasteiger partial charge in [-0.05, 0) is 45.0 Å². The maximum absolute atomic E-state index is 12.7. The van der Waals surface area contributed by atoms with Crippen LogP contribution in [0.1, 0.15) is 22.2 Å².